The van der Waals surface area contributed by atoms with Gasteiger partial charge in [-0.1, -0.05) is 127 Å². The standard InChI is InChI=1S/C48H28N4S/c1-2-11-30-26-33(23-20-29(30)10-1)51-40-16-6-3-12-34(40)36-24-21-31(27-42(36)51)32-22-25-37-35-13-4-7-17-41(35)52(43(37)28-32)48-49-39-15-9-19-45-46(39)47(50-48)38-14-5-8-18-44(38)53-45/h1-28H. The van der Waals surface area contributed by atoms with Gasteiger partial charge in [0, 0.05) is 48.0 Å². The molecular formula is C48H28N4S. The molecule has 1 aliphatic rings. The van der Waals surface area contributed by atoms with Crippen molar-refractivity contribution in [1.29, 1.82) is 0 Å². The Morgan fingerprint density at radius 1 is 0.415 bits per heavy atom. The maximum Gasteiger partial charge on any atom is 0.235 e. The van der Waals surface area contributed by atoms with E-state index in [1.54, 1.807) is 11.8 Å². The fraction of sp³-hybridized carbons (Fsp3) is 0. The number of rotatable bonds is 3. The van der Waals surface area contributed by atoms with Gasteiger partial charge in [0.1, 0.15) is 0 Å². The van der Waals surface area contributed by atoms with Crippen molar-refractivity contribution in [2.75, 3.05) is 0 Å². The van der Waals surface area contributed by atoms with E-state index in [0.29, 0.717) is 5.95 Å². The summed E-state index contributed by atoms with van der Waals surface area (Å²) in [6.45, 7) is 0. The van der Waals surface area contributed by atoms with Gasteiger partial charge in [0.2, 0.25) is 5.95 Å². The number of benzene rings is 8. The number of hydrogen-bond acceptors (Lipinski definition) is 3. The van der Waals surface area contributed by atoms with Crippen LogP contribution < -0.4 is 0 Å². The number of para-hydroxylation sites is 2. The van der Waals surface area contributed by atoms with Crippen LogP contribution in [0.25, 0.3) is 99.3 Å². The predicted molar refractivity (Wildman–Crippen MR) is 221 cm³/mol. The Kier molecular flexibility index (Phi) is 5.96. The van der Waals surface area contributed by atoms with E-state index in [9.17, 15) is 0 Å². The van der Waals surface area contributed by atoms with Crippen molar-refractivity contribution < 1.29 is 0 Å². The summed E-state index contributed by atoms with van der Waals surface area (Å²) in [4.78, 5) is 13.1. The Hall–Kier alpha value is -6.69. The molecule has 0 unspecified atom stereocenters. The molecule has 0 bridgehead atoms. The summed E-state index contributed by atoms with van der Waals surface area (Å²) < 4.78 is 4.67. The molecule has 0 saturated carbocycles. The Bertz CT molecular complexity index is 3330. The molecule has 8 aromatic carbocycles. The summed E-state index contributed by atoms with van der Waals surface area (Å²) >= 11 is 1.80. The van der Waals surface area contributed by atoms with Crippen molar-refractivity contribution >= 4 is 77.0 Å². The monoisotopic (exact) mass is 692 g/mol. The molecule has 0 aliphatic carbocycles. The minimum Gasteiger partial charge on any atom is -0.309 e. The van der Waals surface area contributed by atoms with E-state index in [-0.39, 0.29) is 0 Å². The van der Waals surface area contributed by atoms with Crippen LogP contribution in [0.1, 0.15) is 0 Å². The molecule has 1 aliphatic heterocycles. The third-order valence-corrected chi connectivity index (χ3v) is 12.0. The first-order valence-electron chi connectivity index (χ1n) is 17.9. The van der Waals surface area contributed by atoms with E-state index < -0.39 is 0 Å². The van der Waals surface area contributed by atoms with Crippen LogP contribution in [0.15, 0.2) is 180 Å². The lowest BCUT2D eigenvalue weighted by molar-refractivity contribution is 1.01. The van der Waals surface area contributed by atoms with Crippen molar-refractivity contribution in [2.24, 2.45) is 0 Å². The average molecular weight is 693 g/mol. The first-order valence-corrected chi connectivity index (χ1v) is 18.7. The molecule has 12 rings (SSSR count). The first-order chi connectivity index (χ1) is 26.3. The normalized spacial score (nSPS) is 12.5. The second-order valence-electron chi connectivity index (χ2n) is 13.8. The van der Waals surface area contributed by atoms with Crippen molar-refractivity contribution in [2.45, 2.75) is 9.79 Å². The van der Waals surface area contributed by atoms with Gasteiger partial charge >= 0.3 is 0 Å². The SMILES string of the molecule is c1ccc2c(c1)Sc1cccc3nc(-n4c5ccccc5c5ccc(-c6ccc7c8ccccc8n(-c8ccc9ccccc9c8)c7c6)cc54)nc-2c13. The van der Waals surface area contributed by atoms with Gasteiger partial charge in [-0.2, -0.15) is 0 Å². The summed E-state index contributed by atoms with van der Waals surface area (Å²) in [6.07, 6.45) is 0. The molecule has 11 aromatic rings. The molecule has 3 aromatic heterocycles. The van der Waals surface area contributed by atoms with E-state index in [4.69, 9.17) is 9.97 Å². The third-order valence-electron chi connectivity index (χ3n) is 10.9. The van der Waals surface area contributed by atoms with E-state index >= 15 is 0 Å². The lowest BCUT2D eigenvalue weighted by Crippen LogP contribution is -2.05. The molecule has 0 radical (unpaired) electrons. The van der Waals surface area contributed by atoms with Gasteiger partial charge in [0.05, 0.1) is 33.3 Å². The topological polar surface area (TPSA) is 35.6 Å². The van der Waals surface area contributed by atoms with E-state index in [0.717, 1.165) is 50.0 Å². The maximum absolute atomic E-state index is 5.39. The minimum absolute atomic E-state index is 0.682. The van der Waals surface area contributed by atoms with Gasteiger partial charge in [0.25, 0.3) is 0 Å². The summed E-state index contributed by atoms with van der Waals surface area (Å²) in [5, 5.41) is 8.44. The van der Waals surface area contributed by atoms with Crippen LogP contribution in [-0.2, 0) is 0 Å². The molecule has 0 fully saturated rings. The molecular weight excluding hydrogens is 665 g/mol. The zero-order valence-electron chi connectivity index (χ0n) is 28.4. The molecule has 246 valence electrons. The predicted octanol–water partition coefficient (Wildman–Crippen LogP) is 12.8. The van der Waals surface area contributed by atoms with Crippen molar-refractivity contribution in [3.05, 3.63) is 170 Å². The molecule has 0 amide bonds. The second kappa shape index (κ2) is 10.9. The molecule has 0 saturated heterocycles. The summed E-state index contributed by atoms with van der Waals surface area (Å²) in [5.41, 5.74) is 11.1. The van der Waals surface area contributed by atoms with Gasteiger partial charge in [-0.25, -0.2) is 9.97 Å². The van der Waals surface area contributed by atoms with Crippen LogP contribution in [0.4, 0.5) is 0 Å². The maximum atomic E-state index is 5.39. The van der Waals surface area contributed by atoms with Crippen LogP contribution in [0.5, 0.6) is 0 Å². The molecule has 0 spiro atoms. The Labute approximate surface area is 308 Å². The Morgan fingerprint density at radius 2 is 1.04 bits per heavy atom. The van der Waals surface area contributed by atoms with Gasteiger partial charge in [-0.3, -0.25) is 4.57 Å². The summed E-state index contributed by atoms with van der Waals surface area (Å²) in [7, 11) is 0. The van der Waals surface area contributed by atoms with Crippen molar-refractivity contribution in [3.63, 3.8) is 0 Å². The van der Waals surface area contributed by atoms with E-state index in [2.05, 4.69) is 179 Å². The highest BCUT2D eigenvalue weighted by Gasteiger charge is 2.24. The zero-order valence-corrected chi connectivity index (χ0v) is 29.2. The molecule has 5 heteroatoms. The molecule has 0 N–H and O–H groups in total. The van der Waals surface area contributed by atoms with Gasteiger partial charge in [-0.05, 0) is 76.5 Å². The number of aromatic nitrogens is 4. The third kappa shape index (κ3) is 4.20. The second-order valence-corrected chi connectivity index (χ2v) is 14.9. The lowest BCUT2D eigenvalue weighted by Gasteiger charge is -2.20. The van der Waals surface area contributed by atoms with Crippen molar-refractivity contribution in [1.82, 2.24) is 19.1 Å². The van der Waals surface area contributed by atoms with Crippen molar-refractivity contribution in [3.8, 4) is 34.0 Å². The summed E-state index contributed by atoms with van der Waals surface area (Å²) in [6, 6.07) is 61.4. The Balaban J connectivity index is 1.10. The highest BCUT2D eigenvalue weighted by atomic mass is 32.2. The van der Waals surface area contributed by atoms with Gasteiger partial charge in [0.15, 0.2) is 0 Å². The molecule has 53 heavy (non-hydrogen) atoms. The lowest BCUT2D eigenvalue weighted by atomic mass is 10.0. The fourth-order valence-corrected chi connectivity index (χ4v) is 9.61. The molecule has 4 nitrogen and oxygen atoms in total. The van der Waals surface area contributed by atoms with E-state index in [1.165, 1.54) is 53.1 Å². The zero-order chi connectivity index (χ0) is 34.6. The number of fused-ring (bicyclic) bond motifs is 9. The van der Waals surface area contributed by atoms with Gasteiger partial charge in [-0.15, -0.1) is 0 Å². The number of hydrogen-bond donors (Lipinski definition) is 0. The fourth-order valence-electron chi connectivity index (χ4n) is 8.50. The smallest absolute Gasteiger partial charge is 0.235 e. The number of nitrogens with zero attached hydrogens (tertiary/aromatic N) is 4. The quantitative estimate of drug-likeness (QED) is 0.185. The highest BCUT2D eigenvalue weighted by Crippen LogP contribution is 2.47. The van der Waals surface area contributed by atoms with Crippen LogP contribution in [0.3, 0.4) is 0 Å². The average Bonchev–Trinajstić information content (AvgIpc) is 3.73. The van der Waals surface area contributed by atoms with Crippen LogP contribution >= 0.6 is 11.8 Å². The Morgan fingerprint density at radius 3 is 1.83 bits per heavy atom. The van der Waals surface area contributed by atoms with Crippen LogP contribution in [0.2, 0.25) is 0 Å². The first kappa shape index (κ1) is 28.9. The highest BCUT2D eigenvalue weighted by molar-refractivity contribution is 7.99. The molecule has 4 heterocycles. The van der Waals surface area contributed by atoms with E-state index in [1.807, 2.05) is 0 Å². The molecule has 0 atom stereocenters. The summed E-state index contributed by atoms with van der Waals surface area (Å²) in [5.74, 6) is 0.682. The van der Waals surface area contributed by atoms with Gasteiger partial charge < -0.3 is 4.57 Å². The minimum atomic E-state index is 0.682. The van der Waals surface area contributed by atoms with Crippen LogP contribution in [-0.4, -0.2) is 19.1 Å². The van der Waals surface area contributed by atoms with Crippen LogP contribution in [0, 0.1) is 0 Å². The largest absolute Gasteiger partial charge is 0.309 e.